The van der Waals surface area contributed by atoms with E-state index in [0.29, 0.717) is 6.04 Å². The molecule has 2 N–H and O–H groups in total. The Morgan fingerprint density at radius 1 is 0.920 bits per heavy atom. The number of aliphatic hydroxyl groups excluding tert-OH is 2. The maximum atomic E-state index is 12.6. The second kappa shape index (κ2) is 9.31. The van der Waals surface area contributed by atoms with Crippen molar-refractivity contribution in [2.24, 2.45) is 5.92 Å². The van der Waals surface area contributed by atoms with Gasteiger partial charge in [0.1, 0.15) is 6.10 Å². The molecule has 1 aliphatic carbocycles. The van der Waals surface area contributed by atoms with Crippen molar-refractivity contribution in [2.75, 3.05) is 52.4 Å². The highest BCUT2D eigenvalue weighted by molar-refractivity contribution is 5.81. The molecule has 2 saturated heterocycles. The fourth-order valence-electron chi connectivity index (χ4n) is 4.78. The monoisotopic (exact) mass is 353 g/mol. The SMILES string of the molecule is O=C([C@H](O)C1CCCCC1)N1CCC(N2CCN(CCO)CC2)CC1. The van der Waals surface area contributed by atoms with Crippen LogP contribution in [-0.2, 0) is 4.79 Å². The Bertz CT molecular complexity index is 412. The normalized spacial score (nSPS) is 26.7. The molecule has 1 atom stereocenters. The Labute approximate surface area is 151 Å². The molecule has 3 fully saturated rings. The molecule has 0 aromatic carbocycles. The molecule has 0 aromatic rings. The lowest BCUT2D eigenvalue weighted by molar-refractivity contribution is -0.145. The molecule has 0 bridgehead atoms. The van der Waals surface area contributed by atoms with Crippen LogP contribution in [0.4, 0.5) is 0 Å². The Hall–Kier alpha value is -0.690. The Kier molecular flexibility index (Phi) is 7.10. The third kappa shape index (κ3) is 4.94. The van der Waals surface area contributed by atoms with Crippen molar-refractivity contribution in [1.82, 2.24) is 14.7 Å². The van der Waals surface area contributed by atoms with Crippen molar-refractivity contribution >= 4 is 5.91 Å². The van der Waals surface area contributed by atoms with E-state index in [9.17, 15) is 9.90 Å². The number of amides is 1. The summed E-state index contributed by atoms with van der Waals surface area (Å²) in [7, 11) is 0. The van der Waals surface area contributed by atoms with Crippen LogP contribution < -0.4 is 0 Å². The van der Waals surface area contributed by atoms with Crippen molar-refractivity contribution in [1.29, 1.82) is 0 Å². The van der Waals surface area contributed by atoms with E-state index in [1.807, 2.05) is 4.90 Å². The predicted octanol–water partition coefficient (Wildman–Crippen LogP) is 0.529. The number of carbonyl (C=O) groups excluding carboxylic acids is 1. The quantitative estimate of drug-likeness (QED) is 0.755. The van der Waals surface area contributed by atoms with Gasteiger partial charge in [-0.2, -0.15) is 0 Å². The molecule has 144 valence electrons. The van der Waals surface area contributed by atoms with Crippen molar-refractivity contribution in [3.63, 3.8) is 0 Å². The van der Waals surface area contributed by atoms with Crippen LogP contribution in [0.3, 0.4) is 0 Å². The number of β-amino-alcohol motifs (C(OH)–C–C–N with tert-alkyl or cyclic N) is 1. The number of piperidine rings is 1. The van der Waals surface area contributed by atoms with E-state index in [-0.39, 0.29) is 18.4 Å². The molecule has 0 unspecified atom stereocenters. The molecule has 0 radical (unpaired) electrons. The second-order valence-electron chi connectivity index (χ2n) is 8.00. The summed E-state index contributed by atoms with van der Waals surface area (Å²) < 4.78 is 0. The zero-order valence-corrected chi connectivity index (χ0v) is 15.5. The first-order valence-electron chi connectivity index (χ1n) is 10.2. The molecule has 2 heterocycles. The molecule has 2 aliphatic heterocycles. The van der Waals surface area contributed by atoms with Crippen LogP contribution >= 0.6 is 0 Å². The minimum atomic E-state index is -0.779. The molecule has 3 rings (SSSR count). The lowest BCUT2D eigenvalue weighted by atomic mass is 9.84. The molecular weight excluding hydrogens is 318 g/mol. The molecule has 0 spiro atoms. The summed E-state index contributed by atoms with van der Waals surface area (Å²) >= 11 is 0. The number of piperazine rings is 1. The average molecular weight is 354 g/mol. The van der Waals surface area contributed by atoms with Gasteiger partial charge >= 0.3 is 0 Å². The number of hydrogen-bond acceptors (Lipinski definition) is 5. The zero-order chi connectivity index (χ0) is 17.6. The van der Waals surface area contributed by atoms with E-state index in [2.05, 4.69) is 9.80 Å². The number of aliphatic hydroxyl groups is 2. The highest BCUT2D eigenvalue weighted by Crippen LogP contribution is 2.28. The smallest absolute Gasteiger partial charge is 0.251 e. The summed E-state index contributed by atoms with van der Waals surface area (Å²) in [4.78, 5) is 19.4. The number of carbonyl (C=O) groups is 1. The summed E-state index contributed by atoms with van der Waals surface area (Å²) in [6.07, 6.45) is 6.81. The Morgan fingerprint density at radius 3 is 2.16 bits per heavy atom. The van der Waals surface area contributed by atoms with Crippen LogP contribution in [0.1, 0.15) is 44.9 Å². The second-order valence-corrected chi connectivity index (χ2v) is 8.00. The molecule has 1 saturated carbocycles. The fraction of sp³-hybridized carbons (Fsp3) is 0.947. The number of nitrogens with zero attached hydrogens (tertiary/aromatic N) is 3. The number of hydrogen-bond donors (Lipinski definition) is 2. The maximum Gasteiger partial charge on any atom is 0.251 e. The Balaban J connectivity index is 1.41. The van der Waals surface area contributed by atoms with Crippen LogP contribution in [0, 0.1) is 5.92 Å². The van der Waals surface area contributed by atoms with E-state index >= 15 is 0 Å². The van der Waals surface area contributed by atoms with Gasteiger partial charge in [0.25, 0.3) is 5.91 Å². The van der Waals surface area contributed by atoms with Gasteiger partial charge in [0, 0.05) is 51.9 Å². The van der Waals surface area contributed by atoms with Gasteiger partial charge < -0.3 is 15.1 Å². The summed E-state index contributed by atoms with van der Waals surface area (Å²) in [5, 5.41) is 19.5. The summed E-state index contributed by atoms with van der Waals surface area (Å²) in [6, 6.07) is 0.562. The molecule has 1 amide bonds. The molecule has 25 heavy (non-hydrogen) atoms. The molecule has 0 aromatic heterocycles. The predicted molar refractivity (Wildman–Crippen MR) is 97.3 cm³/mol. The molecular formula is C19H35N3O3. The number of rotatable bonds is 5. The lowest BCUT2D eigenvalue weighted by Crippen LogP contribution is -2.55. The molecule has 3 aliphatic rings. The summed E-state index contributed by atoms with van der Waals surface area (Å²) in [5.41, 5.74) is 0. The van der Waals surface area contributed by atoms with Crippen molar-refractivity contribution in [3.05, 3.63) is 0 Å². The van der Waals surface area contributed by atoms with Crippen LogP contribution in [0.2, 0.25) is 0 Å². The molecule has 6 heteroatoms. The van der Waals surface area contributed by atoms with Gasteiger partial charge in [0.05, 0.1) is 6.61 Å². The average Bonchev–Trinajstić information content (AvgIpc) is 2.68. The van der Waals surface area contributed by atoms with Crippen LogP contribution in [-0.4, -0.2) is 95.4 Å². The third-order valence-electron chi connectivity index (χ3n) is 6.47. The van der Waals surface area contributed by atoms with Gasteiger partial charge in [0.15, 0.2) is 0 Å². The third-order valence-corrected chi connectivity index (χ3v) is 6.47. The standard InChI is InChI=1S/C19H35N3O3/c23-15-14-20-10-12-21(13-11-20)17-6-8-22(9-7-17)19(25)18(24)16-4-2-1-3-5-16/h16-18,23-24H,1-15H2/t18-/m1/s1. The van der Waals surface area contributed by atoms with E-state index in [1.165, 1.54) is 6.42 Å². The van der Waals surface area contributed by atoms with Gasteiger partial charge in [-0.3, -0.25) is 14.6 Å². The van der Waals surface area contributed by atoms with Crippen LogP contribution in [0.15, 0.2) is 0 Å². The summed E-state index contributed by atoms with van der Waals surface area (Å²) in [5.74, 6) is 0.150. The van der Waals surface area contributed by atoms with E-state index in [4.69, 9.17) is 5.11 Å². The highest BCUT2D eigenvalue weighted by Gasteiger charge is 2.34. The minimum Gasteiger partial charge on any atom is -0.395 e. The van der Waals surface area contributed by atoms with E-state index < -0.39 is 6.10 Å². The van der Waals surface area contributed by atoms with Gasteiger partial charge in [-0.1, -0.05) is 19.3 Å². The van der Waals surface area contributed by atoms with Gasteiger partial charge in [0.2, 0.25) is 0 Å². The van der Waals surface area contributed by atoms with Gasteiger partial charge in [-0.05, 0) is 31.6 Å². The van der Waals surface area contributed by atoms with Gasteiger partial charge in [-0.25, -0.2) is 0 Å². The van der Waals surface area contributed by atoms with Crippen molar-refractivity contribution < 1.29 is 15.0 Å². The molecule has 6 nitrogen and oxygen atoms in total. The first-order valence-corrected chi connectivity index (χ1v) is 10.2. The fourth-order valence-corrected chi connectivity index (χ4v) is 4.78. The minimum absolute atomic E-state index is 0.0295. The highest BCUT2D eigenvalue weighted by atomic mass is 16.3. The van der Waals surface area contributed by atoms with Crippen molar-refractivity contribution in [2.45, 2.75) is 57.1 Å². The Morgan fingerprint density at radius 2 is 1.56 bits per heavy atom. The lowest BCUT2D eigenvalue weighted by Gasteiger charge is -2.43. The van der Waals surface area contributed by atoms with E-state index in [0.717, 1.165) is 84.3 Å². The first-order chi connectivity index (χ1) is 12.2. The van der Waals surface area contributed by atoms with Crippen LogP contribution in [0.25, 0.3) is 0 Å². The van der Waals surface area contributed by atoms with Crippen LogP contribution in [0.5, 0.6) is 0 Å². The first kappa shape index (κ1) is 19.1. The number of likely N-dealkylation sites (tertiary alicyclic amines) is 1. The summed E-state index contributed by atoms with van der Waals surface area (Å²) in [6.45, 7) is 6.75. The largest absolute Gasteiger partial charge is 0.395 e. The van der Waals surface area contributed by atoms with Gasteiger partial charge in [-0.15, -0.1) is 0 Å². The topological polar surface area (TPSA) is 67.2 Å². The zero-order valence-electron chi connectivity index (χ0n) is 15.5. The maximum absolute atomic E-state index is 12.6. The van der Waals surface area contributed by atoms with E-state index in [1.54, 1.807) is 0 Å². The van der Waals surface area contributed by atoms with Crippen molar-refractivity contribution in [3.8, 4) is 0 Å².